The second kappa shape index (κ2) is 7.62. The van der Waals surface area contributed by atoms with E-state index >= 15 is 0 Å². The molecule has 0 amide bonds. The number of likely N-dealkylation sites (N-methyl/N-ethyl adjacent to an activating group) is 1. The van der Waals surface area contributed by atoms with E-state index < -0.39 is 0 Å². The second-order valence-electron chi connectivity index (χ2n) is 6.58. The molecule has 1 atom stereocenters. The predicted molar refractivity (Wildman–Crippen MR) is 105 cm³/mol. The third-order valence-corrected chi connectivity index (χ3v) is 4.51. The number of fused-ring (bicyclic) bond motifs is 1. The monoisotopic (exact) mass is 352 g/mol. The molecule has 1 N–H and O–H groups in total. The van der Waals surface area contributed by atoms with Gasteiger partial charge >= 0.3 is 5.63 Å². The molecule has 0 aliphatic rings. The van der Waals surface area contributed by atoms with Gasteiger partial charge in [-0.25, -0.2) is 4.79 Å². The molecule has 0 aliphatic heterocycles. The zero-order valence-corrected chi connectivity index (χ0v) is 15.6. The number of anilines is 1. The minimum atomic E-state index is -0.359. The number of para-hydroxylation sites is 1. The molecule has 26 heavy (non-hydrogen) atoms. The van der Waals surface area contributed by atoms with Gasteiger partial charge in [0.2, 0.25) is 0 Å². The third-order valence-electron chi connectivity index (χ3n) is 4.51. The van der Waals surface area contributed by atoms with E-state index in [1.165, 1.54) is 6.07 Å². The van der Waals surface area contributed by atoms with Gasteiger partial charge in [-0.15, -0.1) is 0 Å². The van der Waals surface area contributed by atoms with Crippen LogP contribution >= 0.6 is 0 Å². The maximum Gasteiger partial charge on any atom is 0.338 e. The number of nitrogens with one attached hydrogen (secondary N) is 1. The molecule has 0 unspecified atom stereocenters. The normalized spacial score (nSPS) is 12.3. The van der Waals surface area contributed by atoms with Gasteiger partial charge in [0.15, 0.2) is 0 Å². The summed E-state index contributed by atoms with van der Waals surface area (Å²) in [6.45, 7) is 2.64. The molecule has 0 radical (unpaired) electrons. The number of hydrogen-bond acceptors (Lipinski definition) is 5. The first kappa shape index (κ1) is 18.0. The lowest BCUT2D eigenvalue weighted by atomic mass is 10.0. The van der Waals surface area contributed by atoms with Crippen LogP contribution in [-0.2, 0) is 0 Å². The van der Waals surface area contributed by atoms with Gasteiger partial charge in [0.05, 0.1) is 18.8 Å². The highest BCUT2D eigenvalue weighted by Gasteiger charge is 2.18. The minimum absolute atomic E-state index is 0.0817. The van der Waals surface area contributed by atoms with Crippen LogP contribution in [0, 0.1) is 6.92 Å². The highest BCUT2D eigenvalue weighted by Crippen LogP contribution is 2.29. The highest BCUT2D eigenvalue weighted by molar-refractivity contribution is 5.90. The summed E-state index contributed by atoms with van der Waals surface area (Å²) in [4.78, 5) is 14.0. The maximum absolute atomic E-state index is 11.9. The Bertz CT molecular complexity index is 963. The van der Waals surface area contributed by atoms with Crippen molar-refractivity contribution in [3.63, 3.8) is 0 Å². The number of ether oxygens (including phenoxy) is 1. The highest BCUT2D eigenvalue weighted by atomic mass is 16.5. The van der Waals surface area contributed by atoms with Crippen molar-refractivity contribution in [2.45, 2.75) is 13.0 Å². The summed E-state index contributed by atoms with van der Waals surface area (Å²) in [5.74, 6) is 0.848. The number of methoxy groups -OCH3 is 1. The molecule has 5 nitrogen and oxygen atoms in total. The smallest absolute Gasteiger partial charge is 0.338 e. The summed E-state index contributed by atoms with van der Waals surface area (Å²) < 4.78 is 10.8. The van der Waals surface area contributed by atoms with Gasteiger partial charge in [-0.3, -0.25) is 0 Å². The third kappa shape index (κ3) is 3.73. The van der Waals surface area contributed by atoms with Gasteiger partial charge in [0, 0.05) is 23.6 Å². The first-order valence-corrected chi connectivity index (χ1v) is 8.57. The molecule has 0 spiro atoms. The minimum Gasteiger partial charge on any atom is -0.496 e. The Hall–Kier alpha value is -2.79. The van der Waals surface area contributed by atoms with E-state index in [9.17, 15) is 4.79 Å². The molecule has 0 fully saturated rings. The molecule has 0 saturated carbocycles. The maximum atomic E-state index is 11.9. The van der Waals surface area contributed by atoms with Crippen LogP contribution in [0.25, 0.3) is 11.0 Å². The fraction of sp³-hybridized carbons (Fsp3) is 0.286. The van der Waals surface area contributed by atoms with Gasteiger partial charge in [0.25, 0.3) is 0 Å². The number of nitrogens with zero attached hydrogens (tertiary/aromatic N) is 1. The van der Waals surface area contributed by atoms with E-state index in [1.54, 1.807) is 7.11 Å². The second-order valence-corrected chi connectivity index (χ2v) is 6.58. The van der Waals surface area contributed by atoms with Crippen LogP contribution < -0.4 is 15.7 Å². The van der Waals surface area contributed by atoms with E-state index in [4.69, 9.17) is 9.15 Å². The lowest BCUT2D eigenvalue weighted by molar-refractivity contribution is 0.300. The lowest BCUT2D eigenvalue weighted by Gasteiger charge is -2.27. The molecule has 3 aromatic rings. The Morgan fingerprint density at radius 1 is 1.15 bits per heavy atom. The van der Waals surface area contributed by atoms with Crippen molar-refractivity contribution in [1.29, 1.82) is 0 Å². The molecule has 5 heteroatoms. The van der Waals surface area contributed by atoms with Gasteiger partial charge in [-0.2, -0.15) is 0 Å². The average molecular weight is 352 g/mol. The fourth-order valence-electron chi connectivity index (χ4n) is 3.14. The van der Waals surface area contributed by atoms with Crippen LogP contribution in [0.3, 0.4) is 0 Å². The summed E-state index contributed by atoms with van der Waals surface area (Å²) in [6, 6.07) is 15.4. The molecule has 2 aromatic carbocycles. The van der Waals surface area contributed by atoms with Crippen LogP contribution in [0.15, 0.2) is 57.7 Å². The quantitative estimate of drug-likeness (QED) is 0.684. The van der Waals surface area contributed by atoms with Crippen molar-refractivity contribution in [1.82, 2.24) is 4.90 Å². The van der Waals surface area contributed by atoms with Crippen LogP contribution in [-0.4, -0.2) is 32.6 Å². The molecule has 1 aromatic heterocycles. The van der Waals surface area contributed by atoms with Crippen LogP contribution in [0.2, 0.25) is 0 Å². The Morgan fingerprint density at radius 3 is 2.65 bits per heavy atom. The van der Waals surface area contributed by atoms with E-state index in [-0.39, 0.29) is 11.7 Å². The molecule has 0 bridgehead atoms. The summed E-state index contributed by atoms with van der Waals surface area (Å²) in [6.07, 6.45) is 0. The van der Waals surface area contributed by atoms with E-state index in [1.807, 2.05) is 57.4 Å². The van der Waals surface area contributed by atoms with Crippen molar-refractivity contribution >= 4 is 16.7 Å². The molecule has 0 aliphatic carbocycles. The van der Waals surface area contributed by atoms with Gasteiger partial charge in [0.1, 0.15) is 11.3 Å². The largest absolute Gasteiger partial charge is 0.496 e. The fourth-order valence-corrected chi connectivity index (χ4v) is 3.14. The predicted octanol–water partition coefficient (Wildman–Crippen LogP) is 3.82. The van der Waals surface area contributed by atoms with Gasteiger partial charge in [-0.05, 0) is 39.2 Å². The topological polar surface area (TPSA) is 54.7 Å². The van der Waals surface area contributed by atoms with Crippen molar-refractivity contribution < 1.29 is 9.15 Å². The SMILES string of the molecule is COc1ccccc1[C@H](CNc1cc(=O)oc2ccc(C)cc12)N(C)C. The molecular weight excluding hydrogens is 328 g/mol. The number of aryl methyl sites for hydroxylation is 1. The Labute approximate surface area is 153 Å². The molecule has 136 valence electrons. The molecule has 1 heterocycles. The zero-order valence-electron chi connectivity index (χ0n) is 15.6. The lowest BCUT2D eigenvalue weighted by Crippen LogP contribution is -2.27. The first-order chi connectivity index (χ1) is 12.5. The number of rotatable bonds is 6. The van der Waals surface area contributed by atoms with Gasteiger partial charge in [-0.1, -0.05) is 29.8 Å². The van der Waals surface area contributed by atoms with Crippen LogP contribution in [0.5, 0.6) is 5.75 Å². The average Bonchev–Trinajstić information content (AvgIpc) is 2.62. The Balaban J connectivity index is 1.94. The van der Waals surface area contributed by atoms with Crippen LogP contribution in [0.4, 0.5) is 5.69 Å². The van der Waals surface area contributed by atoms with E-state index in [2.05, 4.69) is 16.3 Å². The molecular formula is C21H24N2O3. The number of benzene rings is 2. The van der Waals surface area contributed by atoms with E-state index in [0.29, 0.717) is 12.1 Å². The summed E-state index contributed by atoms with van der Waals surface area (Å²) >= 11 is 0. The van der Waals surface area contributed by atoms with Crippen molar-refractivity contribution in [3.05, 3.63) is 70.1 Å². The summed E-state index contributed by atoms with van der Waals surface area (Å²) in [7, 11) is 5.73. The zero-order chi connectivity index (χ0) is 18.7. The molecule has 3 rings (SSSR count). The van der Waals surface area contributed by atoms with Crippen LogP contribution in [0.1, 0.15) is 17.2 Å². The Kier molecular flexibility index (Phi) is 5.28. The van der Waals surface area contributed by atoms with E-state index in [0.717, 1.165) is 28.0 Å². The summed E-state index contributed by atoms with van der Waals surface area (Å²) in [5.41, 5.74) is 3.22. The van der Waals surface area contributed by atoms with Crippen molar-refractivity contribution in [2.24, 2.45) is 0 Å². The molecule has 0 saturated heterocycles. The van der Waals surface area contributed by atoms with Gasteiger partial charge < -0.3 is 19.4 Å². The summed E-state index contributed by atoms with van der Waals surface area (Å²) in [5, 5.41) is 4.33. The first-order valence-electron chi connectivity index (χ1n) is 8.57. The Morgan fingerprint density at radius 2 is 1.92 bits per heavy atom. The standard InChI is InChI=1S/C21H24N2O3/c1-14-9-10-20-16(11-14)17(12-21(24)26-20)22-13-18(23(2)3)15-7-5-6-8-19(15)25-4/h5-12,18,22H,13H2,1-4H3/t18-/m0/s1. The number of hydrogen-bond donors (Lipinski definition) is 1. The van der Waals surface area contributed by atoms with Crippen molar-refractivity contribution in [3.8, 4) is 5.75 Å². The van der Waals surface area contributed by atoms with Crippen molar-refractivity contribution in [2.75, 3.05) is 33.1 Å².